The molecule has 4 aliphatic heterocycles. The summed E-state index contributed by atoms with van der Waals surface area (Å²) in [5, 5.41) is 6.44. The molecule has 134 valence electrons. The van der Waals surface area contributed by atoms with Gasteiger partial charge in [0.25, 0.3) is 6.01 Å². The lowest BCUT2D eigenvalue weighted by molar-refractivity contribution is -0.0791. The fourth-order valence-corrected chi connectivity index (χ4v) is 4.52. The third kappa shape index (κ3) is 2.33. The Balaban J connectivity index is 1.44. The first-order chi connectivity index (χ1) is 12.8. The van der Waals surface area contributed by atoms with Crippen LogP contribution in [-0.2, 0) is 4.74 Å². The van der Waals surface area contributed by atoms with Crippen LogP contribution in [0.5, 0.6) is 5.75 Å². The zero-order valence-electron chi connectivity index (χ0n) is 14.1. The number of thiazole rings is 1. The average molecular weight is 370 g/mol. The minimum Gasteiger partial charge on any atom is -0.483 e. The Morgan fingerprint density at radius 2 is 2.08 bits per heavy atom. The summed E-state index contributed by atoms with van der Waals surface area (Å²) in [5.41, 5.74) is 2.48. The number of ether oxygens (including phenoxy) is 2. The molecule has 0 radical (unpaired) electrons. The Bertz CT molecular complexity index is 937. The Morgan fingerprint density at radius 1 is 1.23 bits per heavy atom. The third-order valence-electron chi connectivity index (χ3n) is 5.25. The number of anilines is 1. The lowest BCUT2D eigenvalue weighted by atomic mass is 9.92. The van der Waals surface area contributed by atoms with Crippen molar-refractivity contribution >= 4 is 28.5 Å². The van der Waals surface area contributed by atoms with Gasteiger partial charge in [0.2, 0.25) is 0 Å². The fourth-order valence-electron chi connectivity index (χ4n) is 3.86. The summed E-state index contributed by atoms with van der Waals surface area (Å²) in [4.78, 5) is 11.5. The van der Waals surface area contributed by atoms with Crippen LogP contribution in [0.15, 0.2) is 28.1 Å². The molecule has 0 aliphatic carbocycles. The van der Waals surface area contributed by atoms with Crippen molar-refractivity contribution in [3.8, 4) is 16.3 Å². The van der Waals surface area contributed by atoms with Crippen LogP contribution >= 0.6 is 11.3 Å². The predicted molar refractivity (Wildman–Crippen MR) is 97.9 cm³/mol. The zero-order valence-corrected chi connectivity index (χ0v) is 14.9. The summed E-state index contributed by atoms with van der Waals surface area (Å²) >= 11 is 1.60. The summed E-state index contributed by atoms with van der Waals surface area (Å²) in [6, 6.07) is 5.75. The van der Waals surface area contributed by atoms with E-state index in [1.807, 2.05) is 23.7 Å². The van der Waals surface area contributed by atoms with Gasteiger partial charge in [0, 0.05) is 36.8 Å². The lowest BCUT2D eigenvalue weighted by Gasteiger charge is -2.47. The SMILES string of the molecule is c1csc(-c2ccc(OC3COC3)c3nc(N4CC5CC(C4)N5)oc23)n1. The summed E-state index contributed by atoms with van der Waals surface area (Å²) in [7, 11) is 0. The van der Waals surface area contributed by atoms with E-state index in [2.05, 4.69) is 15.2 Å². The van der Waals surface area contributed by atoms with E-state index in [0.29, 0.717) is 31.3 Å². The van der Waals surface area contributed by atoms with E-state index >= 15 is 0 Å². The van der Waals surface area contributed by atoms with E-state index in [4.69, 9.17) is 18.9 Å². The molecule has 2 bridgehead atoms. The van der Waals surface area contributed by atoms with Crippen molar-refractivity contribution in [3.05, 3.63) is 23.7 Å². The minimum absolute atomic E-state index is 0.0934. The second-order valence-corrected chi connectivity index (χ2v) is 8.00. The van der Waals surface area contributed by atoms with Crippen molar-refractivity contribution in [2.24, 2.45) is 0 Å². The van der Waals surface area contributed by atoms with Gasteiger partial charge in [0.15, 0.2) is 11.1 Å². The van der Waals surface area contributed by atoms with Gasteiger partial charge >= 0.3 is 0 Å². The zero-order chi connectivity index (χ0) is 17.1. The molecule has 1 aromatic carbocycles. The second kappa shape index (κ2) is 5.67. The summed E-state index contributed by atoms with van der Waals surface area (Å²) < 4.78 is 17.5. The maximum absolute atomic E-state index is 6.25. The monoisotopic (exact) mass is 370 g/mol. The number of oxazole rings is 1. The summed E-state index contributed by atoms with van der Waals surface area (Å²) in [6.07, 6.45) is 3.15. The minimum atomic E-state index is 0.0934. The molecule has 0 amide bonds. The maximum atomic E-state index is 6.25. The van der Waals surface area contributed by atoms with Gasteiger partial charge in [0.05, 0.1) is 18.8 Å². The van der Waals surface area contributed by atoms with Crippen molar-refractivity contribution < 1.29 is 13.9 Å². The number of nitrogens with one attached hydrogen (secondary N) is 1. The van der Waals surface area contributed by atoms with Crippen molar-refractivity contribution in [3.63, 3.8) is 0 Å². The molecule has 4 saturated heterocycles. The van der Waals surface area contributed by atoms with Gasteiger partial charge in [0.1, 0.15) is 16.9 Å². The number of fused-ring (bicyclic) bond motifs is 3. The fraction of sp³-hybridized carbons (Fsp3) is 0.444. The second-order valence-electron chi connectivity index (χ2n) is 7.10. The molecule has 1 N–H and O–H groups in total. The number of piperidine rings is 1. The first kappa shape index (κ1) is 15.0. The highest BCUT2D eigenvalue weighted by atomic mass is 32.1. The molecule has 2 aromatic heterocycles. The number of nitrogens with zero attached hydrogens (tertiary/aromatic N) is 3. The van der Waals surface area contributed by atoms with Crippen LogP contribution in [-0.4, -0.2) is 54.5 Å². The summed E-state index contributed by atoms with van der Waals surface area (Å²) in [6.45, 7) is 3.12. The van der Waals surface area contributed by atoms with Crippen LogP contribution in [0, 0.1) is 0 Å². The number of piperazine rings is 1. The predicted octanol–water partition coefficient (Wildman–Crippen LogP) is 2.28. The highest BCUT2D eigenvalue weighted by Crippen LogP contribution is 2.39. The lowest BCUT2D eigenvalue weighted by Crippen LogP contribution is -2.67. The Morgan fingerprint density at radius 3 is 2.77 bits per heavy atom. The molecule has 26 heavy (non-hydrogen) atoms. The Hall–Kier alpha value is -2.16. The molecule has 2 atom stereocenters. The third-order valence-corrected chi connectivity index (χ3v) is 6.06. The average Bonchev–Trinajstić information content (AvgIpc) is 3.27. The van der Waals surface area contributed by atoms with Gasteiger partial charge in [-0.05, 0) is 18.6 Å². The largest absolute Gasteiger partial charge is 0.483 e. The molecule has 7 nitrogen and oxygen atoms in total. The molecule has 4 fully saturated rings. The van der Waals surface area contributed by atoms with Gasteiger partial charge in [-0.3, -0.25) is 0 Å². The number of rotatable bonds is 4. The van der Waals surface area contributed by atoms with E-state index in [1.54, 1.807) is 11.3 Å². The van der Waals surface area contributed by atoms with Crippen LogP contribution in [0.25, 0.3) is 21.7 Å². The highest BCUT2D eigenvalue weighted by molar-refractivity contribution is 7.13. The quantitative estimate of drug-likeness (QED) is 0.755. The van der Waals surface area contributed by atoms with E-state index in [9.17, 15) is 0 Å². The first-order valence-electron chi connectivity index (χ1n) is 8.92. The molecule has 3 aromatic rings. The normalized spacial score (nSPS) is 25.2. The van der Waals surface area contributed by atoms with Crippen LogP contribution in [0.4, 0.5) is 6.01 Å². The molecule has 7 rings (SSSR count). The molecular weight excluding hydrogens is 352 g/mol. The van der Waals surface area contributed by atoms with Gasteiger partial charge in [-0.15, -0.1) is 11.3 Å². The van der Waals surface area contributed by atoms with Crippen LogP contribution < -0.4 is 15.0 Å². The van der Waals surface area contributed by atoms with E-state index in [0.717, 1.165) is 40.5 Å². The van der Waals surface area contributed by atoms with Crippen molar-refractivity contribution in [2.75, 3.05) is 31.2 Å². The van der Waals surface area contributed by atoms with Crippen LogP contribution in [0.3, 0.4) is 0 Å². The van der Waals surface area contributed by atoms with E-state index < -0.39 is 0 Å². The highest BCUT2D eigenvalue weighted by Gasteiger charge is 2.38. The molecule has 6 heterocycles. The van der Waals surface area contributed by atoms with Crippen molar-refractivity contribution in [2.45, 2.75) is 24.6 Å². The van der Waals surface area contributed by atoms with Crippen LogP contribution in [0.2, 0.25) is 0 Å². The molecule has 4 aliphatic rings. The molecule has 2 unspecified atom stereocenters. The Kier molecular flexibility index (Phi) is 3.26. The van der Waals surface area contributed by atoms with Gasteiger partial charge in [-0.2, -0.15) is 4.98 Å². The summed E-state index contributed by atoms with van der Waals surface area (Å²) in [5.74, 6) is 0.754. The van der Waals surface area contributed by atoms with Crippen LogP contribution in [0.1, 0.15) is 6.42 Å². The smallest absolute Gasteiger partial charge is 0.298 e. The number of hydrogen-bond donors (Lipinski definition) is 1. The first-order valence-corrected chi connectivity index (χ1v) is 9.80. The van der Waals surface area contributed by atoms with Crippen molar-refractivity contribution in [1.82, 2.24) is 15.3 Å². The topological polar surface area (TPSA) is 72.7 Å². The molecular formula is C18H18N4O3S. The van der Waals surface area contributed by atoms with Gasteiger partial charge in [-0.25, -0.2) is 4.98 Å². The standard InChI is InChI=1S/C18H18N4O3S/c1-2-14(24-12-8-23-9-12)15-16(13(1)17-19-3-4-26-17)25-18(21-15)22-6-10-5-11(7-22)20-10/h1-4,10-12,20H,5-9H2. The van der Waals surface area contributed by atoms with Gasteiger partial charge < -0.3 is 24.1 Å². The van der Waals surface area contributed by atoms with Crippen molar-refractivity contribution in [1.29, 1.82) is 0 Å². The maximum Gasteiger partial charge on any atom is 0.298 e. The van der Waals surface area contributed by atoms with E-state index in [1.165, 1.54) is 6.42 Å². The molecule has 8 heteroatoms. The number of hydrogen-bond acceptors (Lipinski definition) is 8. The van der Waals surface area contributed by atoms with E-state index in [-0.39, 0.29) is 6.10 Å². The number of aromatic nitrogens is 2. The Labute approximate surface area is 153 Å². The molecule has 0 spiro atoms. The van der Waals surface area contributed by atoms with Gasteiger partial charge in [-0.1, -0.05) is 0 Å². The molecule has 0 saturated carbocycles. The number of benzene rings is 1.